The number of rotatable bonds is 5. The molecule has 1 heterocycles. The van der Waals surface area contributed by atoms with Crippen molar-refractivity contribution in [3.8, 4) is 0 Å². The van der Waals surface area contributed by atoms with Gasteiger partial charge >= 0.3 is 0 Å². The monoisotopic (exact) mass is 241 g/mol. The molecule has 1 fully saturated rings. The summed E-state index contributed by atoms with van der Waals surface area (Å²) in [4.78, 5) is 5.18. The van der Waals surface area contributed by atoms with E-state index < -0.39 is 0 Å². The molecule has 0 aromatic heterocycles. The molecule has 3 heteroatoms. The van der Waals surface area contributed by atoms with Crippen molar-refractivity contribution in [3.63, 3.8) is 0 Å². The molecule has 0 bridgehead atoms. The van der Waals surface area contributed by atoms with Crippen LogP contribution in [0, 0.1) is 5.41 Å². The molecule has 3 nitrogen and oxygen atoms in total. The van der Waals surface area contributed by atoms with E-state index in [0.717, 1.165) is 25.7 Å². The van der Waals surface area contributed by atoms with Gasteiger partial charge in [-0.1, -0.05) is 34.6 Å². The van der Waals surface area contributed by atoms with Gasteiger partial charge in [0.05, 0.1) is 0 Å². The maximum Gasteiger partial charge on any atom is 0.0267 e. The molecule has 0 aromatic rings. The lowest BCUT2D eigenvalue weighted by atomic mass is 9.86. The third kappa shape index (κ3) is 3.67. The summed E-state index contributed by atoms with van der Waals surface area (Å²) >= 11 is 0. The largest absolute Gasteiger partial charge is 0.329 e. The van der Waals surface area contributed by atoms with Crippen LogP contribution in [0.25, 0.3) is 0 Å². The highest BCUT2D eigenvalue weighted by molar-refractivity contribution is 4.91. The summed E-state index contributed by atoms with van der Waals surface area (Å²) in [5.74, 6) is 0. The van der Waals surface area contributed by atoms with Crippen LogP contribution in [0.2, 0.25) is 0 Å². The minimum atomic E-state index is 0.285. The highest BCUT2D eigenvalue weighted by Gasteiger charge is 2.35. The third-order valence-electron chi connectivity index (χ3n) is 4.19. The Morgan fingerprint density at radius 2 is 1.88 bits per heavy atom. The molecular formula is C14H31N3. The number of hydrogen-bond acceptors (Lipinski definition) is 3. The van der Waals surface area contributed by atoms with Crippen molar-refractivity contribution in [2.75, 3.05) is 32.7 Å². The summed E-state index contributed by atoms with van der Waals surface area (Å²) in [6.45, 7) is 16.9. The number of likely N-dealkylation sites (tertiary alicyclic amines) is 1. The summed E-state index contributed by atoms with van der Waals surface area (Å²) < 4.78 is 0. The van der Waals surface area contributed by atoms with Gasteiger partial charge in [-0.25, -0.2) is 0 Å². The van der Waals surface area contributed by atoms with Crippen molar-refractivity contribution in [3.05, 3.63) is 0 Å². The number of nitrogens with two attached hydrogens (primary N) is 1. The first-order chi connectivity index (χ1) is 7.93. The molecule has 0 spiro atoms. The van der Waals surface area contributed by atoms with Gasteiger partial charge in [0, 0.05) is 31.7 Å². The van der Waals surface area contributed by atoms with E-state index in [1.54, 1.807) is 0 Å². The van der Waals surface area contributed by atoms with Gasteiger partial charge in [0.25, 0.3) is 0 Å². The lowest BCUT2D eigenvalue weighted by Gasteiger charge is -2.38. The average molecular weight is 241 g/mol. The summed E-state index contributed by atoms with van der Waals surface area (Å²) in [6.07, 6.45) is 1.30. The SMILES string of the molecule is CCN(CC)C1CCN(C(CN)C(C)(C)C)C1. The van der Waals surface area contributed by atoms with Crippen molar-refractivity contribution in [1.82, 2.24) is 9.80 Å². The highest BCUT2D eigenvalue weighted by atomic mass is 15.3. The number of likely N-dealkylation sites (N-methyl/N-ethyl adjacent to an activating group) is 1. The standard InChI is InChI=1S/C14H31N3/c1-6-16(7-2)12-8-9-17(11-12)13(10-15)14(3,4)5/h12-13H,6-11,15H2,1-5H3. The van der Waals surface area contributed by atoms with Crippen molar-refractivity contribution < 1.29 is 0 Å². The molecule has 1 aliphatic rings. The molecule has 0 amide bonds. The van der Waals surface area contributed by atoms with Crippen LogP contribution in [-0.2, 0) is 0 Å². The van der Waals surface area contributed by atoms with Crippen LogP contribution in [0.15, 0.2) is 0 Å². The molecule has 2 N–H and O–H groups in total. The fourth-order valence-corrected chi connectivity index (χ4v) is 3.14. The highest BCUT2D eigenvalue weighted by Crippen LogP contribution is 2.28. The van der Waals surface area contributed by atoms with E-state index in [4.69, 9.17) is 5.73 Å². The van der Waals surface area contributed by atoms with E-state index in [1.165, 1.54) is 19.5 Å². The quantitative estimate of drug-likeness (QED) is 0.796. The molecule has 0 radical (unpaired) electrons. The minimum absolute atomic E-state index is 0.285. The van der Waals surface area contributed by atoms with Crippen LogP contribution >= 0.6 is 0 Å². The molecule has 2 atom stereocenters. The van der Waals surface area contributed by atoms with Gasteiger partial charge in [0.1, 0.15) is 0 Å². The zero-order valence-electron chi connectivity index (χ0n) is 12.4. The predicted molar refractivity (Wildman–Crippen MR) is 75.2 cm³/mol. The zero-order chi connectivity index (χ0) is 13.1. The van der Waals surface area contributed by atoms with Crippen molar-refractivity contribution in [2.45, 2.75) is 53.1 Å². The van der Waals surface area contributed by atoms with Gasteiger partial charge in [0.2, 0.25) is 0 Å². The van der Waals surface area contributed by atoms with Gasteiger partial charge in [-0.2, -0.15) is 0 Å². The Morgan fingerprint density at radius 1 is 1.29 bits per heavy atom. The van der Waals surface area contributed by atoms with Crippen LogP contribution < -0.4 is 5.73 Å². The maximum atomic E-state index is 5.97. The second-order valence-corrected chi connectivity index (χ2v) is 6.28. The fraction of sp³-hybridized carbons (Fsp3) is 1.00. The number of hydrogen-bond donors (Lipinski definition) is 1. The molecular weight excluding hydrogens is 210 g/mol. The molecule has 1 saturated heterocycles. The molecule has 1 rings (SSSR count). The predicted octanol–water partition coefficient (Wildman–Crippen LogP) is 1.78. The first-order valence-corrected chi connectivity index (χ1v) is 7.12. The Morgan fingerprint density at radius 3 is 2.29 bits per heavy atom. The lowest BCUT2D eigenvalue weighted by Crippen LogP contribution is -2.49. The van der Waals surface area contributed by atoms with Crippen molar-refractivity contribution in [2.24, 2.45) is 11.1 Å². The molecule has 0 aliphatic carbocycles. The second-order valence-electron chi connectivity index (χ2n) is 6.28. The second kappa shape index (κ2) is 6.17. The summed E-state index contributed by atoms with van der Waals surface area (Å²) in [5.41, 5.74) is 6.25. The minimum Gasteiger partial charge on any atom is -0.329 e. The Hall–Kier alpha value is -0.120. The van der Waals surface area contributed by atoms with Crippen LogP contribution in [0.1, 0.15) is 41.0 Å². The van der Waals surface area contributed by atoms with Gasteiger partial charge in [-0.3, -0.25) is 9.80 Å². The van der Waals surface area contributed by atoms with E-state index in [1.807, 2.05) is 0 Å². The summed E-state index contributed by atoms with van der Waals surface area (Å²) in [6, 6.07) is 1.25. The Kier molecular flexibility index (Phi) is 5.42. The first kappa shape index (κ1) is 14.9. The van der Waals surface area contributed by atoms with E-state index in [-0.39, 0.29) is 5.41 Å². The van der Waals surface area contributed by atoms with Gasteiger partial charge in [-0.15, -0.1) is 0 Å². The van der Waals surface area contributed by atoms with Crippen molar-refractivity contribution >= 4 is 0 Å². The van der Waals surface area contributed by atoms with Crippen molar-refractivity contribution in [1.29, 1.82) is 0 Å². The Labute approximate surface area is 107 Å². The molecule has 17 heavy (non-hydrogen) atoms. The van der Waals surface area contributed by atoms with E-state index >= 15 is 0 Å². The third-order valence-corrected chi connectivity index (χ3v) is 4.19. The van der Waals surface area contributed by atoms with Crippen LogP contribution in [0.4, 0.5) is 0 Å². The van der Waals surface area contributed by atoms with Gasteiger partial charge in [-0.05, 0) is 24.9 Å². The summed E-state index contributed by atoms with van der Waals surface area (Å²) in [5, 5.41) is 0. The smallest absolute Gasteiger partial charge is 0.0267 e. The van der Waals surface area contributed by atoms with Crippen LogP contribution in [-0.4, -0.2) is 54.6 Å². The van der Waals surface area contributed by atoms with E-state index in [9.17, 15) is 0 Å². The first-order valence-electron chi connectivity index (χ1n) is 7.12. The van der Waals surface area contributed by atoms with Crippen LogP contribution in [0.5, 0.6) is 0 Å². The normalized spacial score (nSPS) is 24.5. The lowest BCUT2D eigenvalue weighted by molar-refractivity contribution is 0.117. The fourth-order valence-electron chi connectivity index (χ4n) is 3.14. The maximum absolute atomic E-state index is 5.97. The molecule has 0 saturated carbocycles. The molecule has 102 valence electrons. The van der Waals surface area contributed by atoms with Crippen LogP contribution in [0.3, 0.4) is 0 Å². The molecule has 1 aliphatic heterocycles. The number of nitrogens with zero attached hydrogens (tertiary/aromatic N) is 2. The molecule has 2 unspecified atom stereocenters. The zero-order valence-corrected chi connectivity index (χ0v) is 12.4. The summed E-state index contributed by atoms with van der Waals surface area (Å²) in [7, 11) is 0. The van der Waals surface area contributed by atoms with E-state index in [2.05, 4.69) is 44.4 Å². The Balaban J connectivity index is 2.59. The topological polar surface area (TPSA) is 32.5 Å². The molecule has 0 aromatic carbocycles. The van der Waals surface area contributed by atoms with E-state index in [0.29, 0.717) is 6.04 Å². The van der Waals surface area contributed by atoms with Gasteiger partial charge < -0.3 is 5.73 Å². The van der Waals surface area contributed by atoms with Gasteiger partial charge in [0.15, 0.2) is 0 Å². The Bertz CT molecular complexity index is 218. The average Bonchev–Trinajstić information content (AvgIpc) is 2.68.